The lowest BCUT2D eigenvalue weighted by Crippen LogP contribution is -2.37. The second-order valence-corrected chi connectivity index (χ2v) is 19.9. The number of amides is 4. The Morgan fingerprint density at radius 2 is 1.15 bits per heavy atom. The fourth-order valence-corrected chi connectivity index (χ4v) is 13.6. The summed E-state index contributed by atoms with van der Waals surface area (Å²) < 4.78 is 0. The number of fused-ring (bicyclic) bond motifs is 1. The Hall–Kier alpha value is -4.48. The summed E-state index contributed by atoms with van der Waals surface area (Å²) in [6.45, 7) is 1.26. The third-order valence-corrected chi connectivity index (χ3v) is 16.7. The number of urea groups is 1. The Balaban J connectivity index is 1.02. The number of rotatable bonds is 17. The maximum Gasteiger partial charge on any atom is 0.315 e. The quantitative estimate of drug-likeness (QED) is 0.0536. The molecule has 0 unspecified atom stereocenters. The first-order valence-electron chi connectivity index (χ1n) is 19.1. The summed E-state index contributed by atoms with van der Waals surface area (Å²) in [6.07, 6.45) is 4.83. The van der Waals surface area contributed by atoms with Gasteiger partial charge >= 0.3 is 6.03 Å². The summed E-state index contributed by atoms with van der Waals surface area (Å²) in [7, 11) is -1.35. The highest BCUT2D eigenvalue weighted by Crippen LogP contribution is 2.36. The predicted octanol–water partition coefficient (Wildman–Crippen LogP) is 7.06. The van der Waals surface area contributed by atoms with Crippen LogP contribution in [-0.2, 0) is 4.79 Å². The van der Waals surface area contributed by atoms with Gasteiger partial charge in [0.15, 0.2) is 0 Å². The summed E-state index contributed by atoms with van der Waals surface area (Å²) in [5.74, 6) is 0.917. The summed E-state index contributed by atoms with van der Waals surface area (Å²) >= 11 is 1.90. The molecule has 7 rings (SSSR count). The molecule has 0 aromatic heterocycles. The van der Waals surface area contributed by atoms with Gasteiger partial charge in [-0.1, -0.05) is 128 Å². The molecule has 2 fully saturated rings. The number of thioether (sulfide) groups is 1. The largest absolute Gasteiger partial charge is 0.338 e. The van der Waals surface area contributed by atoms with E-state index >= 15 is 0 Å². The summed E-state index contributed by atoms with van der Waals surface area (Å²) in [4.78, 5) is 41.1. The predicted molar refractivity (Wildman–Crippen MR) is 233 cm³/mol. The monoisotopic (exact) mass is 786 g/mol. The zero-order chi connectivity index (χ0) is 37.8. The molecule has 3 N–H and O–H groups in total. The molecule has 0 saturated carbocycles. The Morgan fingerprint density at radius 3 is 1.64 bits per heavy atom. The molecule has 2 aliphatic rings. The van der Waals surface area contributed by atoms with E-state index in [9.17, 15) is 14.4 Å². The topological polar surface area (TPSA) is 90.5 Å². The van der Waals surface area contributed by atoms with Crippen LogP contribution in [0.4, 0.5) is 10.5 Å². The van der Waals surface area contributed by atoms with E-state index in [0.717, 1.165) is 37.3 Å². The fraction of sp³-hybridized carbons (Fsp3) is 0.267. The van der Waals surface area contributed by atoms with Crippen LogP contribution in [0.15, 0.2) is 146 Å². The SMILES string of the molecule is O=C(CCCC[C@@H]1SC[C@@H]2NC(=O)N[C@@H]21)Nc1ccc(C(=O)N(CCP(c2ccccc2)c2ccccc2)CCP(c2ccccc2)c2ccccc2)cc1. The van der Waals surface area contributed by atoms with E-state index in [2.05, 4.69) is 137 Å². The van der Waals surface area contributed by atoms with Gasteiger partial charge in [0.25, 0.3) is 5.91 Å². The molecule has 5 aromatic carbocycles. The van der Waals surface area contributed by atoms with Crippen LogP contribution in [0.25, 0.3) is 0 Å². The van der Waals surface area contributed by atoms with Gasteiger partial charge in [0.2, 0.25) is 5.91 Å². The second-order valence-electron chi connectivity index (χ2n) is 13.9. The average Bonchev–Trinajstić information content (AvgIpc) is 3.79. The third kappa shape index (κ3) is 10.4. The first-order valence-corrected chi connectivity index (χ1v) is 23.3. The van der Waals surface area contributed by atoms with E-state index in [1.54, 1.807) is 0 Å². The minimum atomic E-state index is -0.677. The molecule has 7 nitrogen and oxygen atoms in total. The average molecular weight is 787 g/mol. The number of carbonyl (C=O) groups excluding carboxylic acids is 3. The van der Waals surface area contributed by atoms with Gasteiger partial charge in [0, 0.05) is 41.8 Å². The molecule has 5 aromatic rings. The van der Waals surface area contributed by atoms with Gasteiger partial charge in [-0.3, -0.25) is 9.59 Å². The highest BCUT2D eigenvalue weighted by molar-refractivity contribution is 8.00. The van der Waals surface area contributed by atoms with Gasteiger partial charge in [0.05, 0.1) is 12.1 Å². The maximum atomic E-state index is 14.4. The fourth-order valence-electron chi connectivity index (χ4n) is 7.38. The van der Waals surface area contributed by atoms with Crippen molar-refractivity contribution in [2.24, 2.45) is 0 Å². The molecule has 0 aliphatic carbocycles. The zero-order valence-corrected chi connectivity index (χ0v) is 33.5. The molecule has 0 bridgehead atoms. The Morgan fingerprint density at radius 1 is 0.655 bits per heavy atom. The summed E-state index contributed by atoms with van der Waals surface area (Å²) in [6, 6.07) is 50.4. The first-order chi connectivity index (χ1) is 27.0. The van der Waals surface area contributed by atoms with E-state index in [4.69, 9.17) is 0 Å². The molecule has 282 valence electrons. The van der Waals surface area contributed by atoms with Crippen LogP contribution in [0, 0.1) is 0 Å². The van der Waals surface area contributed by atoms with Crippen molar-refractivity contribution in [1.82, 2.24) is 15.5 Å². The van der Waals surface area contributed by atoms with Gasteiger partial charge in [-0.2, -0.15) is 11.8 Å². The van der Waals surface area contributed by atoms with E-state index in [0.29, 0.717) is 36.0 Å². The molecular weight excluding hydrogens is 739 g/mol. The third-order valence-electron chi connectivity index (χ3n) is 10.2. The number of nitrogens with one attached hydrogen (secondary N) is 3. The molecule has 2 saturated heterocycles. The first kappa shape index (κ1) is 38.8. The van der Waals surface area contributed by atoms with Crippen LogP contribution in [0.2, 0.25) is 0 Å². The standard InChI is InChI=1S/C45H48N4O3P2S/c50-42(24-14-13-23-41-43-40(33-55-41)47-45(52)48-43)46-35-27-25-34(26-28-35)44(51)49(29-31-53(36-15-5-1-6-16-36)37-17-7-2-8-18-37)30-32-54(38-19-9-3-10-20-38)39-21-11-4-12-22-39/h1-12,15-22,25-28,40-41,43H,13-14,23-24,29-33H2,(H,46,50)(H2,47,48,52)/t40-,41-,43-/m0/s1. The summed E-state index contributed by atoms with van der Waals surface area (Å²) in [5.41, 5.74) is 1.31. The summed E-state index contributed by atoms with van der Waals surface area (Å²) in [5, 5.41) is 14.7. The second kappa shape index (κ2) is 19.4. The van der Waals surface area contributed by atoms with Crippen molar-refractivity contribution in [1.29, 1.82) is 0 Å². The molecule has 55 heavy (non-hydrogen) atoms. The molecule has 4 amide bonds. The normalized spacial score (nSPS) is 17.4. The van der Waals surface area contributed by atoms with Crippen LogP contribution < -0.4 is 37.2 Å². The van der Waals surface area contributed by atoms with Crippen LogP contribution >= 0.6 is 27.6 Å². The lowest BCUT2D eigenvalue weighted by Gasteiger charge is -2.28. The van der Waals surface area contributed by atoms with E-state index in [1.165, 1.54) is 21.2 Å². The molecule has 0 radical (unpaired) electrons. The van der Waals surface area contributed by atoms with Crippen molar-refractivity contribution in [3.05, 3.63) is 151 Å². The van der Waals surface area contributed by atoms with Gasteiger partial charge in [0.1, 0.15) is 0 Å². The molecule has 2 heterocycles. The Labute approximate surface area is 331 Å². The number of carbonyl (C=O) groups is 3. The van der Waals surface area contributed by atoms with Gasteiger partial charge < -0.3 is 20.9 Å². The minimum Gasteiger partial charge on any atom is -0.338 e. The highest BCUT2D eigenvalue weighted by Gasteiger charge is 2.42. The van der Waals surface area contributed by atoms with Gasteiger partial charge in [-0.15, -0.1) is 0 Å². The van der Waals surface area contributed by atoms with Crippen molar-refractivity contribution in [2.45, 2.75) is 43.0 Å². The number of nitrogens with zero attached hydrogens (tertiary/aromatic N) is 1. The van der Waals surface area contributed by atoms with Crippen LogP contribution in [-0.4, -0.2) is 71.2 Å². The molecule has 10 heteroatoms. The van der Waals surface area contributed by atoms with E-state index < -0.39 is 15.8 Å². The molecule has 0 spiro atoms. The van der Waals surface area contributed by atoms with Gasteiger partial charge in [-0.25, -0.2) is 4.79 Å². The Kier molecular flexibility index (Phi) is 13.7. The highest BCUT2D eigenvalue weighted by atomic mass is 32.2. The van der Waals surface area contributed by atoms with Crippen LogP contribution in [0.5, 0.6) is 0 Å². The Bertz CT molecular complexity index is 1830. The van der Waals surface area contributed by atoms with Crippen LogP contribution in [0.1, 0.15) is 36.0 Å². The zero-order valence-electron chi connectivity index (χ0n) is 30.9. The van der Waals surface area contributed by atoms with Gasteiger partial charge in [-0.05, 0) is 86.5 Å². The molecule has 3 atom stereocenters. The number of hydrogen-bond acceptors (Lipinski definition) is 4. The number of unbranched alkanes of at least 4 members (excludes halogenated alkanes) is 1. The smallest absolute Gasteiger partial charge is 0.315 e. The number of anilines is 1. The van der Waals surface area contributed by atoms with Crippen molar-refractivity contribution < 1.29 is 14.4 Å². The lowest BCUT2D eigenvalue weighted by atomic mass is 10.0. The van der Waals surface area contributed by atoms with Crippen molar-refractivity contribution in [3.8, 4) is 0 Å². The van der Waals surface area contributed by atoms with Crippen molar-refractivity contribution in [2.75, 3.05) is 36.5 Å². The maximum absolute atomic E-state index is 14.4. The lowest BCUT2D eigenvalue weighted by molar-refractivity contribution is -0.116. The van der Waals surface area contributed by atoms with Crippen molar-refractivity contribution in [3.63, 3.8) is 0 Å². The number of benzene rings is 5. The molecular formula is C45H48N4O3P2S. The van der Waals surface area contributed by atoms with Crippen molar-refractivity contribution >= 4 is 72.4 Å². The molecule has 2 aliphatic heterocycles. The van der Waals surface area contributed by atoms with E-state index in [-0.39, 0.29) is 29.9 Å². The minimum absolute atomic E-state index is 0.00528. The number of hydrogen-bond donors (Lipinski definition) is 3. The van der Waals surface area contributed by atoms with Crippen LogP contribution in [0.3, 0.4) is 0 Å². The van der Waals surface area contributed by atoms with E-state index in [1.807, 2.05) is 40.9 Å².